The Balaban J connectivity index is 2.59. The lowest BCUT2D eigenvalue weighted by atomic mass is 10.1. The van der Waals surface area contributed by atoms with Crippen LogP contribution >= 0.6 is 11.6 Å². The normalized spacial score (nSPS) is 10.3. The minimum absolute atomic E-state index is 0.247. The maximum Gasteiger partial charge on any atom is 0.220 e. The lowest BCUT2D eigenvalue weighted by molar-refractivity contribution is 0.416. The van der Waals surface area contributed by atoms with Crippen LogP contribution in [0.25, 0.3) is 11.3 Å². The Hall–Kier alpha value is -1.81. The number of anilines is 1. The average molecular weight is 250 g/mol. The molecule has 1 aromatic heterocycles. The number of hydrogen-bond acceptors (Lipinski definition) is 4. The van der Waals surface area contributed by atoms with Crippen LogP contribution in [0.4, 0.5) is 5.95 Å². The number of halogens is 1. The third kappa shape index (κ3) is 2.47. The third-order valence-electron chi connectivity index (χ3n) is 2.31. The molecule has 0 aliphatic heterocycles. The van der Waals surface area contributed by atoms with Gasteiger partial charge in [0.2, 0.25) is 5.95 Å². The molecular formula is C12H12ClN3O. The predicted molar refractivity (Wildman–Crippen MR) is 68.2 cm³/mol. The summed E-state index contributed by atoms with van der Waals surface area (Å²) in [5.74, 6) is 0.909. The van der Waals surface area contributed by atoms with E-state index in [1.54, 1.807) is 19.2 Å². The van der Waals surface area contributed by atoms with E-state index >= 15 is 0 Å². The Morgan fingerprint density at radius 1 is 1.24 bits per heavy atom. The largest absolute Gasteiger partial charge is 0.496 e. The van der Waals surface area contributed by atoms with Crippen molar-refractivity contribution in [1.82, 2.24) is 9.97 Å². The van der Waals surface area contributed by atoms with Crippen LogP contribution in [0.2, 0.25) is 5.02 Å². The molecule has 0 fully saturated rings. The van der Waals surface area contributed by atoms with Crippen LogP contribution in [0.5, 0.6) is 5.75 Å². The van der Waals surface area contributed by atoms with Gasteiger partial charge in [0, 0.05) is 16.3 Å². The quantitative estimate of drug-likeness (QED) is 0.889. The van der Waals surface area contributed by atoms with E-state index in [4.69, 9.17) is 22.1 Å². The molecule has 0 amide bonds. The molecule has 0 radical (unpaired) electrons. The summed E-state index contributed by atoms with van der Waals surface area (Å²) in [6, 6.07) is 7.22. The summed E-state index contributed by atoms with van der Waals surface area (Å²) in [7, 11) is 1.59. The molecule has 0 spiro atoms. The fraction of sp³-hybridized carbons (Fsp3) is 0.167. The lowest BCUT2D eigenvalue weighted by Crippen LogP contribution is -1.99. The Bertz CT molecular complexity index is 537. The van der Waals surface area contributed by atoms with Crippen molar-refractivity contribution in [3.63, 3.8) is 0 Å². The summed E-state index contributed by atoms with van der Waals surface area (Å²) in [5, 5.41) is 0.615. The van der Waals surface area contributed by atoms with Gasteiger partial charge in [0.05, 0.1) is 12.8 Å². The van der Waals surface area contributed by atoms with Crippen LogP contribution in [-0.4, -0.2) is 17.1 Å². The van der Waals surface area contributed by atoms with Gasteiger partial charge < -0.3 is 10.5 Å². The zero-order valence-electron chi connectivity index (χ0n) is 9.57. The first kappa shape index (κ1) is 11.7. The number of nitrogen functional groups attached to an aromatic ring is 1. The van der Waals surface area contributed by atoms with Gasteiger partial charge >= 0.3 is 0 Å². The molecule has 4 nitrogen and oxygen atoms in total. The second kappa shape index (κ2) is 4.59. The molecule has 2 N–H and O–H groups in total. The monoisotopic (exact) mass is 249 g/mol. The highest BCUT2D eigenvalue weighted by Crippen LogP contribution is 2.31. The Morgan fingerprint density at radius 2 is 2.00 bits per heavy atom. The second-order valence-electron chi connectivity index (χ2n) is 3.60. The first-order valence-electron chi connectivity index (χ1n) is 5.05. The molecule has 0 saturated heterocycles. The summed E-state index contributed by atoms with van der Waals surface area (Å²) in [5.41, 5.74) is 8.01. The maximum atomic E-state index is 5.91. The second-order valence-corrected chi connectivity index (χ2v) is 4.03. The van der Waals surface area contributed by atoms with Crippen LogP contribution in [0.15, 0.2) is 24.3 Å². The van der Waals surface area contributed by atoms with Crippen molar-refractivity contribution < 1.29 is 4.74 Å². The molecule has 2 aromatic rings. The summed E-state index contributed by atoms with van der Waals surface area (Å²) in [6.45, 7) is 1.87. The number of benzene rings is 1. The summed E-state index contributed by atoms with van der Waals surface area (Å²) in [4.78, 5) is 8.22. The highest BCUT2D eigenvalue weighted by molar-refractivity contribution is 6.30. The number of hydrogen-bond donors (Lipinski definition) is 1. The molecule has 0 bridgehead atoms. The van der Waals surface area contributed by atoms with Crippen molar-refractivity contribution in [2.24, 2.45) is 0 Å². The molecule has 0 atom stereocenters. The molecule has 0 aliphatic rings. The first-order valence-corrected chi connectivity index (χ1v) is 5.43. The highest BCUT2D eigenvalue weighted by Gasteiger charge is 2.09. The Morgan fingerprint density at radius 3 is 2.65 bits per heavy atom. The van der Waals surface area contributed by atoms with Crippen LogP contribution in [0, 0.1) is 6.92 Å². The molecule has 2 rings (SSSR count). The van der Waals surface area contributed by atoms with Gasteiger partial charge in [-0.25, -0.2) is 9.97 Å². The minimum atomic E-state index is 0.247. The SMILES string of the molecule is COc1cc(Cl)ccc1-c1cc(C)nc(N)n1. The minimum Gasteiger partial charge on any atom is -0.496 e. The van der Waals surface area contributed by atoms with Gasteiger partial charge in [-0.2, -0.15) is 0 Å². The maximum absolute atomic E-state index is 5.91. The molecule has 17 heavy (non-hydrogen) atoms. The molecule has 0 saturated carbocycles. The van der Waals surface area contributed by atoms with Gasteiger partial charge in [0.15, 0.2) is 0 Å². The van der Waals surface area contributed by atoms with Crippen molar-refractivity contribution in [3.8, 4) is 17.0 Å². The van der Waals surface area contributed by atoms with Gasteiger partial charge in [-0.05, 0) is 31.2 Å². The van der Waals surface area contributed by atoms with E-state index < -0.39 is 0 Å². The Labute approximate surface area is 104 Å². The van der Waals surface area contributed by atoms with Gasteiger partial charge in [0.1, 0.15) is 5.75 Å². The number of methoxy groups -OCH3 is 1. The average Bonchev–Trinajstić information content (AvgIpc) is 2.27. The van der Waals surface area contributed by atoms with Crippen LogP contribution in [0.3, 0.4) is 0 Å². The molecule has 1 aromatic carbocycles. The lowest BCUT2D eigenvalue weighted by Gasteiger charge is -2.09. The first-order chi connectivity index (χ1) is 8.10. The molecule has 1 heterocycles. The number of aryl methyl sites for hydroxylation is 1. The molecule has 0 unspecified atom stereocenters. The van der Waals surface area contributed by atoms with Crippen LogP contribution in [0.1, 0.15) is 5.69 Å². The molecule has 88 valence electrons. The zero-order valence-corrected chi connectivity index (χ0v) is 10.3. The summed E-state index contributed by atoms with van der Waals surface area (Å²) in [6.07, 6.45) is 0. The van der Waals surface area contributed by atoms with Gasteiger partial charge in [0.25, 0.3) is 0 Å². The zero-order chi connectivity index (χ0) is 12.4. The van der Waals surface area contributed by atoms with Crippen molar-refractivity contribution in [2.75, 3.05) is 12.8 Å². The van der Waals surface area contributed by atoms with E-state index in [9.17, 15) is 0 Å². The standard InChI is InChI=1S/C12H12ClN3O/c1-7-5-10(16-12(14)15-7)9-4-3-8(13)6-11(9)17-2/h3-6H,1-2H3,(H2,14,15,16). The summed E-state index contributed by atoms with van der Waals surface area (Å²) < 4.78 is 5.27. The van der Waals surface area contributed by atoms with Gasteiger partial charge in [-0.15, -0.1) is 0 Å². The van der Waals surface area contributed by atoms with Gasteiger partial charge in [-0.1, -0.05) is 11.6 Å². The number of nitrogens with two attached hydrogens (primary N) is 1. The predicted octanol–water partition coefficient (Wildman–Crippen LogP) is 2.70. The number of nitrogens with zero attached hydrogens (tertiary/aromatic N) is 2. The number of aromatic nitrogens is 2. The Kier molecular flexibility index (Phi) is 3.15. The van der Waals surface area contributed by atoms with Crippen molar-refractivity contribution >= 4 is 17.5 Å². The van der Waals surface area contributed by atoms with Crippen LogP contribution < -0.4 is 10.5 Å². The van der Waals surface area contributed by atoms with Crippen molar-refractivity contribution in [1.29, 1.82) is 0 Å². The van der Waals surface area contributed by atoms with E-state index in [2.05, 4.69) is 9.97 Å². The van der Waals surface area contributed by atoms with E-state index in [0.29, 0.717) is 10.8 Å². The number of ether oxygens (including phenoxy) is 1. The number of rotatable bonds is 2. The molecule has 0 aliphatic carbocycles. The van der Waals surface area contributed by atoms with E-state index in [-0.39, 0.29) is 5.95 Å². The van der Waals surface area contributed by atoms with Crippen molar-refractivity contribution in [3.05, 3.63) is 35.0 Å². The van der Waals surface area contributed by atoms with E-state index in [1.165, 1.54) is 0 Å². The fourth-order valence-corrected chi connectivity index (χ4v) is 1.77. The smallest absolute Gasteiger partial charge is 0.220 e. The fourth-order valence-electron chi connectivity index (χ4n) is 1.61. The topological polar surface area (TPSA) is 61.0 Å². The third-order valence-corrected chi connectivity index (χ3v) is 2.55. The summed E-state index contributed by atoms with van der Waals surface area (Å²) >= 11 is 5.91. The van der Waals surface area contributed by atoms with E-state index in [1.807, 2.05) is 19.1 Å². The highest BCUT2D eigenvalue weighted by atomic mass is 35.5. The van der Waals surface area contributed by atoms with Crippen LogP contribution in [-0.2, 0) is 0 Å². The van der Waals surface area contributed by atoms with Crippen molar-refractivity contribution in [2.45, 2.75) is 6.92 Å². The molecular weight excluding hydrogens is 238 g/mol. The van der Waals surface area contributed by atoms with Gasteiger partial charge in [-0.3, -0.25) is 0 Å². The van der Waals surface area contributed by atoms with E-state index in [0.717, 1.165) is 17.0 Å². The molecule has 5 heteroatoms.